The molecule has 0 fully saturated rings. The highest BCUT2D eigenvalue weighted by atomic mass is 35.5. The highest BCUT2D eigenvalue weighted by Gasteiger charge is 2.16. The van der Waals surface area contributed by atoms with Crippen LogP contribution in [-0.4, -0.2) is 17.0 Å². The van der Waals surface area contributed by atoms with Gasteiger partial charge in [0.25, 0.3) is 5.91 Å². The van der Waals surface area contributed by atoms with E-state index in [-0.39, 0.29) is 5.91 Å². The van der Waals surface area contributed by atoms with Crippen LogP contribution >= 0.6 is 11.6 Å². The molecular weight excluding hydrogens is 288 g/mol. The predicted octanol–water partition coefficient (Wildman–Crippen LogP) is 3.76. The third-order valence-corrected chi connectivity index (χ3v) is 3.21. The Labute approximate surface area is 129 Å². The number of rotatable bonds is 4. The maximum Gasteiger partial charge on any atom is 0.266 e. The van der Waals surface area contributed by atoms with Crippen molar-refractivity contribution in [2.45, 2.75) is 26.9 Å². The summed E-state index contributed by atoms with van der Waals surface area (Å²) in [6.07, 6.45) is -0.674. The molecule has 4 nitrogen and oxygen atoms in total. The van der Waals surface area contributed by atoms with Crippen molar-refractivity contribution in [3.05, 3.63) is 52.7 Å². The van der Waals surface area contributed by atoms with Crippen LogP contribution in [0.1, 0.15) is 18.2 Å². The van der Waals surface area contributed by atoms with Gasteiger partial charge in [-0.2, -0.15) is 0 Å². The van der Waals surface area contributed by atoms with Gasteiger partial charge in [0.15, 0.2) is 6.10 Å². The van der Waals surface area contributed by atoms with Gasteiger partial charge in [0.2, 0.25) is 0 Å². The lowest BCUT2D eigenvalue weighted by Gasteiger charge is -2.16. The average molecular weight is 305 g/mol. The topological polar surface area (TPSA) is 51.2 Å². The first-order valence-electron chi connectivity index (χ1n) is 6.63. The van der Waals surface area contributed by atoms with E-state index in [1.165, 1.54) is 0 Å². The second-order valence-corrected chi connectivity index (χ2v) is 5.25. The number of aromatic nitrogens is 1. The Bertz CT molecular complexity index is 658. The average Bonchev–Trinajstić information content (AvgIpc) is 2.43. The second kappa shape index (κ2) is 6.59. The summed E-state index contributed by atoms with van der Waals surface area (Å²) in [7, 11) is 0. The van der Waals surface area contributed by atoms with E-state index in [1.54, 1.807) is 25.1 Å². The number of pyridine rings is 1. The van der Waals surface area contributed by atoms with Crippen molar-refractivity contribution >= 4 is 23.3 Å². The summed E-state index contributed by atoms with van der Waals surface area (Å²) >= 11 is 6.06. The van der Waals surface area contributed by atoms with Crippen molar-refractivity contribution < 1.29 is 9.53 Å². The predicted molar refractivity (Wildman–Crippen MR) is 83.9 cm³/mol. The molecule has 1 N–H and O–H groups in total. The molecule has 0 saturated heterocycles. The Kier molecular flexibility index (Phi) is 4.81. The Hall–Kier alpha value is -2.07. The van der Waals surface area contributed by atoms with Gasteiger partial charge in [0.05, 0.1) is 5.02 Å². The number of carbonyl (C=O) groups excluding carboxylic acids is 1. The van der Waals surface area contributed by atoms with E-state index < -0.39 is 6.10 Å². The van der Waals surface area contributed by atoms with Crippen molar-refractivity contribution in [3.8, 4) is 5.75 Å². The lowest BCUT2D eigenvalue weighted by atomic mass is 10.2. The number of anilines is 1. The van der Waals surface area contributed by atoms with E-state index in [4.69, 9.17) is 16.3 Å². The van der Waals surface area contributed by atoms with Crippen LogP contribution in [-0.2, 0) is 4.79 Å². The van der Waals surface area contributed by atoms with Gasteiger partial charge >= 0.3 is 0 Å². The summed E-state index contributed by atoms with van der Waals surface area (Å²) < 4.78 is 5.62. The van der Waals surface area contributed by atoms with Crippen molar-refractivity contribution in [2.24, 2.45) is 0 Å². The molecule has 0 aliphatic rings. The number of nitrogens with zero attached hydrogens (tertiary/aromatic N) is 1. The Morgan fingerprint density at radius 1 is 1.29 bits per heavy atom. The quantitative estimate of drug-likeness (QED) is 0.935. The van der Waals surface area contributed by atoms with Gasteiger partial charge in [0.1, 0.15) is 11.6 Å². The molecular formula is C16H17ClN2O2. The molecule has 0 saturated carbocycles. The van der Waals surface area contributed by atoms with Crippen LogP contribution in [0.5, 0.6) is 5.75 Å². The monoisotopic (exact) mass is 304 g/mol. The van der Waals surface area contributed by atoms with Crippen LogP contribution in [0.3, 0.4) is 0 Å². The summed E-state index contributed by atoms with van der Waals surface area (Å²) in [6, 6.07) is 10.9. The number of aryl methyl sites for hydroxylation is 2. The van der Waals surface area contributed by atoms with Crippen LogP contribution < -0.4 is 10.1 Å². The molecule has 1 amide bonds. The van der Waals surface area contributed by atoms with Gasteiger partial charge in [0, 0.05) is 5.69 Å². The highest BCUT2D eigenvalue weighted by Crippen LogP contribution is 2.26. The van der Waals surface area contributed by atoms with Crippen molar-refractivity contribution in [1.29, 1.82) is 0 Å². The molecule has 0 radical (unpaired) electrons. The second-order valence-electron chi connectivity index (χ2n) is 4.85. The molecule has 5 heteroatoms. The summed E-state index contributed by atoms with van der Waals surface area (Å²) in [6.45, 7) is 5.47. The molecule has 1 aromatic heterocycles. The molecule has 1 atom stereocenters. The van der Waals surface area contributed by atoms with E-state index in [2.05, 4.69) is 10.3 Å². The summed E-state index contributed by atoms with van der Waals surface area (Å²) in [5.74, 6) is 0.730. The fraction of sp³-hybridized carbons (Fsp3) is 0.250. The van der Waals surface area contributed by atoms with E-state index in [0.717, 1.165) is 11.3 Å². The summed E-state index contributed by atoms with van der Waals surface area (Å²) in [5, 5.41) is 3.20. The largest absolute Gasteiger partial charge is 0.479 e. The van der Waals surface area contributed by atoms with E-state index in [9.17, 15) is 4.79 Å². The number of carbonyl (C=O) groups is 1. The number of halogens is 1. The minimum absolute atomic E-state index is 0.273. The standard InChI is InChI=1S/C16H17ClN2O2/c1-10-7-8-13(17)14(9-10)21-12(3)16(20)19-15-6-4-5-11(2)18-15/h4-9,12H,1-3H3,(H,18,19,20)/t12-/m1/s1. The van der Waals surface area contributed by atoms with Crippen LogP contribution in [0.4, 0.5) is 5.82 Å². The molecule has 110 valence electrons. The molecule has 0 aliphatic carbocycles. The van der Waals surface area contributed by atoms with Gasteiger partial charge in [-0.05, 0) is 50.6 Å². The third-order valence-electron chi connectivity index (χ3n) is 2.90. The fourth-order valence-corrected chi connectivity index (χ4v) is 1.95. The SMILES string of the molecule is Cc1ccc(Cl)c(O[C@H](C)C(=O)Nc2cccc(C)n2)c1. The van der Waals surface area contributed by atoms with Crippen molar-refractivity contribution in [2.75, 3.05) is 5.32 Å². The number of hydrogen-bond donors (Lipinski definition) is 1. The number of nitrogens with one attached hydrogen (secondary N) is 1. The lowest BCUT2D eigenvalue weighted by molar-refractivity contribution is -0.122. The highest BCUT2D eigenvalue weighted by molar-refractivity contribution is 6.32. The summed E-state index contributed by atoms with van der Waals surface area (Å²) in [4.78, 5) is 16.3. The van der Waals surface area contributed by atoms with E-state index >= 15 is 0 Å². The van der Waals surface area contributed by atoms with Gasteiger partial charge in [-0.3, -0.25) is 4.79 Å². The maximum absolute atomic E-state index is 12.1. The van der Waals surface area contributed by atoms with Crippen molar-refractivity contribution in [3.63, 3.8) is 0 Å². The number of amides is 1. The summed E-state index contributed by atoms with van der Waals surface area (Å²) in [5.41, 5.74) is 1.85. The van der Waals surface area contributed by atoms with Gasteiger partial charge in [-0.25, -0.2) is 4.98 Å². The normalized spacial score (nSPS) is 11.8. The van der Waals surface area contributed by atoms with Crippen LogP contribution in [0.15, 0.2) is 36.4 Å². The first-order valence-corrected chi connectivity index (χ1v) is 7.01. The van der Waals surface area contributed by atoms with E-state index in [0.29, 0.717) is 16.6 Å². The number of ether oxygens (including phenoxy) is 1. The van der Waals surface area contributed by atoms with Gasteiger partial charge < -0.3 is 10.1 Å². The molecule has 0 aliphatic heterocycles. The van der Waals surface area contributed by atoms with Crippen molar-refractivity contribution in [1.82, 2.24) is 4.98 Å². The molecule has 2 rings (SSSR count). The van der Waals surface area contributed by atoms with E-state index in [1.807, 2.05) is 32.0 Å². The van der Waals surface area contributed by atoms with Crippen LogP contribution in [0.25, 0.3) is 0 Å². The Balaban J connectivity index is 2.04. The Morgan fingerprint density at radius 2 is 2.05 bits per heavy atom. The molecule has 21 heavy (non-hydrogen) atoms. The zero-order valence-electron chi connectivity index (χ0n) is 12.2. The first kappa shape index (κ1) is 15.3. The zero-order chi connectivity index (χ0) is 15.4. The maximum atomic E-state index is 12.1. The first-order chi connectivity index (χ1) is 9.95. The lowest BCUT2D eigenvalue weighted by Crippen LogP contribution is -2.30. The smallest absolute Gasteiger partial charge is 0.266 e. The third kappa shape index (κ3) is 4.20. The molecule has 0 bridgehead atoms. The van der Waals surface area contributed by atoms with Crippen LogP contribution in [0.2, 0.25) is 5.02 Å². The molecule has 1 aromatic carbocycles. The molecule has 0 unspecified atom stereocenters. The number of hydrogen-bond acceptors (Lipinski definition) is 3. The number of benzene rings is 1. The van der Waals surface area contributed by atoms with Gasteiger partial charge in [-0.1, -0.05) is 23.7 Å². The minimum atomic E-state index is -0.674. The molecule has 0 spiro atoms. The fourth-order valence-electron chi connectivity index (χ4n) is 1.79. The van der Waals surface area contributed by atoms with Gasteiger partial charge in [-0.15, -0.1) is 0 Å². The van der Waals surface area contributed by atoms with Crippen LogP contribution in [0, 0.1) is 13.8 Å². The molecule has 1 heterocycles. The zero-order valence-corrected chi connectivity index (χ0v) is 12.9. The minimum Gasteiger partial charge on any atom is -0.479 e. The Morgan fingerprint density at radius 3 is 2.76 bits per heavy atom. The molecule has 2 aromatic rings.